The first-order valence-corrected chi connectivity index (χ1v) is 8.75. The fourth-order valence-electron chi connectivity index (χ4n) is 1.84. The van der Waals surface area contributed by atoms with Crippen LogP contribution in [0, 0.1) is 0 Å². The molecule has 1 aromatic rings. The van der Waals surface area contributed by atoms with Gasteiger partial charge in [-0.3, -0.25) is 4.79 Å². The molecular weight excluding hydrogens is 320 g/mol. The van der Waals surface area contributed by atoms with E-state index in [1.807, 2.05) is 6.92 Å². The zero-order valence-electron chi connectivity index (χ0n) is 14.0. The van der Waals surface area contributed by atoms with Gasteiger partial charge < -0.3 is 14.8 Å². The van der Waals surface area contributed by atoms with E-state index in [4.69, 9.17) is 9.47 Å². The third-order valence-electron chi connectivity index (χ3n) is 3.14. The molecule has 7 nitrogen and oxygen atoms in total. The summed E-state index contributed by atoms with van der Waals surface area (Å²) in [5, 5.41) is 2.74. The lowest BCUT2D eigenvalue weighted by Crippen LogP contribution is -2.26. The molecule has 0 radical (unpaired) electrons. The second-order valence-electron chi connectivity index (χ2n) is 4.96. The number of nitrogens with one attached hydrogen (secondary N) is 1. The molecule has 23 heavy (non-hydrogen) atoms. The van der Waals surface area contributed by atoms with Crippen LogP contribution < -0.4 is 10.1 Å². The van der Waals surface area contributed by atoms with E-state index in [0.29, 0.717) is 26.2 Å². The SMILES string of the molecule is CCOCCCNC(=O)c1ccc(OC)c(S(=O)(=O)N(C)C)c1. The molecule has 0 saturated carbocycles. The minimum Gasteiger partial charge on any atom is -0.495 e. The number of ether oxygens (including phenoxy) is 2. The highest BCUT2D eigenvalue weighted by Crippen LogP contribution is 2.26. The first kappa shape index (κ1) is 19.4. The third kappa shape index (κ3) is 5.19. The van der Waals surface area contributed by atoms with Crippen molar-refractivity contribution in [3.63, 3.8) is 0 Å². The van der Waals surface area contributed by atoms with E-state index in [-0.39, 0.29) is 22.1 Å². The van der Waals surface area contributed by atoms with Crippen LogP contribution >= 0.6 is 0 Å². The molecule has 0 spiro atoms. The lowest BCUT2D eigenvalue weighted by atomic mass is 10.2. The van der Waals surface area contributed by atoms with Crippen molar-refractivity contribution in [3.8, 4) is 5.75 Å². The van der Waals surface area contributed by atoms with Crippen LogP contribution in [0.25, 0.3) is 0 Å². The molecular formula is C15H24N2O5S. The van der Waals surface area contributed by atoms with Crippen LogP contribution in [0.4, 0.5) is 0 Å². The number of nitrogens with zero attached hydrogens (tertiary/aromatic N) is 1. The molecule has 8 heteroatoms. The zero-order valence-corrected chi connectivity index (χ0v) is 14.8. The Morgan fingerprint density at radius 3 is 2.57 bits per heavy atom. The van der Waals surface area contributed by atoms with E-state index in [9.17, 15) is 13.2 Å². The molecule has 0 aliphatic carbocycles. The Hall–Kier alpha value is -1.64. The van der Waals surface area contributed by atoms with E-state index < -0.39 is 10.0 Å². The van der Waals surface area contributed by atoms with Crippen molar-refractivity contribution < 1.29 is 22.7 Å². The molecule has 0 unspecified atom stereocenters. The number of amides is 1. The summed E-state index contributed by atoms with van der Waals surface area (Å²) in [4.78, 5) is 12.1. The average Bonchev–Trinajstić information content (AvgIpc) is 2.53. The first-order valence-electron chi connectivity index (χ1n) is 7.31. The van der Waals surface area contributed by atoms with Crippen molar-refractivity contribution in [2.75, 3.05) is 41.0 Å². The summed E-state index contributed by atoms with van der Waals surface area (Å²) in [6, 6.07) is 4.34. The predicted octanol–water partition coefficient (Wildman–Crippen LogP) is 1.10. The van der Waals surface area contributed by atoms with Gasteiger partial charge in [-0.05, 0) is 31.5 Å². The highest BCUT2D eigenvalue weighted by Gasteiger charge is 2.23. The summed E-state index contributed by atoms with van der Waals surface area (Å²) in [6.45, 7) is 3.57. The summed E-state index contributed by atoms with van der Waals surface area (Å²) >= 11 is 0. The van der Waals surface area contributed by atoms with Crippen molar-refractivity contribution >= 4 is 15.9 Å². The Bertz CT molecular complexity index is 629. The normalized spacial score (nSPS) is 11.5. The minimum absolute atomic E-state index is 0.0352. The van der Waals surface area contributed by atoms with Crippen molar-refractivity contribution in [3.05, 3.63) is 23.8 Å². The monoisotopic (exact) mass is 344 g/mol. The van der Waals surface area contributed by atoms with Crippen LogP contribution in [-0.4, -0.2) is 59.6 Å². The van der Waals surface area contributed by atoms with Crippen molar-refractivity contribution in [2.24, 2.45) is 0 Å². The Morgan fingerprint density at radius 1 is 1.30 bits per heavy atom. The maximum absolute atomic E-state index is 12.3. The summed E-state index contributed by atoms with van der Waals surface area (Å²) in [5.74, 6) is -0.133. The fraction of sp³-hybridized carbons (Fsp3) is 0.533. The summed E-state index contributed by atoms with van der Waals surface area (Å²) in [7, 11) is 0.538. The average molecular weight is 344 g/mol. The second-order valence-corrected chi connectivity index (χ2v) is 7.08. The Balaban J connectivity index is 2.91. The number of benzene rings is 1. The van der Waals surface area contributed by atoms with Crippen molar-refractivity contribution in [2.45, 2.75) is 18.2 Å². The molecule has 130 valence electrons. The van der Waals surface area contributed by atoms with Gasteiger partial charge in [-0.15, -0.1) is 0 Å². The molecule has 0 aliphatic heterocycles. The molecule has 0 heterocycles. The number of carbonyl (C=O) groups excluding carboxylic acids is 1. The van der Waals surface area contributed by atoms with Crippen LogP contribution in [0.2, 0.25) is 0 Å². The Morgan fingerprint density at radius 2 is 2.00 bits per heavy atom. The van der Waals surface area contributed by atoms with Gasteiger partial charge in [0.25, 0.3) is 5.91 Å². The number of hydrogen-bond acceptors (Lipinski definition) is 5. The third-order valence-corrected chi connectivity index (χ3v) is 4.98. The summed E-state index contributed by atoms with van der Waals surface area (Å²) in [5.41, 5.74) is 0.266. The van der Waals surface area contributed by atoms with Gasteiger partial charge in [-0.2, -0.15) is 0 Å². The van der Waals surface area contributed by atoms with Gasteiger partial charge in [0.05, 0.1) is 7.11 Å². The van der Waals surface area contributed by atoms with Gasteiger partial charge in [0.2, 0.25) is 10.0 Å². The zero-order chi connectivity index (χ0) is 17.5. The summed E-state index contributed by atoms with van der Waals surface area (Å²) < 4.78 is 36.0. The van der Waals surface area contributed by atoms with E-state index in [1.54, 1.807) is 0 Å². The highest BCUT2D eigenvalue weighted by atomic mass is 32.2. The Kier molecular flexibility index (Phi) is 7.47. The fourth-order valence-corrected chi connectivity index (χ4v) is 2.91. The van der Waals surface area contributed by atoms with Crippen molar-refractivity contribution in [1.82, 2.24) is 9.62 Å². The molecule has 1 rings (SSSR count). The molecule has 0 atom stereocenters. The molecule has 0 aromatic heterocycles. The van der Waals surface area contributed by atoms with Crippen LogP contribution in [0.15, 0.2) is 23.1 Å². The van der Waals surface area contributed by atoms with Gasteiger partial charge >= 0.3 is 0 Å². The molecule has 1 N–H and O–H groups in total. The predicted molar refractivity (Wildman–Crippen MR) is 87.3 cm³/mol. The quantitative estimate of drug-likeness (QED) is 0.678. The van der Waals surface area contributed by atoms with Crippen LogP contribution in [-0.2, 0) is 14.8 Å². The van der Waals surface area contributed by atoms with Gasteiger partial charge in [-0.25, -0.2) is 12.7 Å². The largest absolute Gasteiger partial charge is 0.495 e. The van der Waals surface area contributed by atoms with Gasteiger partial charge in [0.1, 0.15) is 10.6 Å². The first-order chi connectivity index (χ1) is 10.8. The van der Waals surface area contributed by atoms with E-state index in [2.05, 4.69) is 5.32 Å². The molecule has 0 aliphatic rings. The molecule has 0 fully saturated rings. The maximum Gasteiger partial charge on any atom is 0.251 e. The molecule has 0 saturated heterocycles. The number of carbonyl (C=O) groups is 1. The number of sulfonamides is 1. The molecule has 0 bridgehead atoms. The number of rotatable bonds is 9. The lowest BCUT2D eigenvalue weighted by Gasteiger charge is -2.15. The van der Waals surface area contributed by atoms with Crippen LogP contribution in [0.3, 0.4) is 0 Å². The summed E-state index contributed by atoms with van der Waals surface area (Å²) in [6.07, 6.45) is 0.693. The lowest BCUT2D eigenvalue weighted by molar-refractivity contribution is 0.0944. The van der Waals surface area contributed by atoms with E-state index >= 15 is 0 Å². The smallest absolute Gasteiger partial charge is 0.251 e. The van der Waals surface area contributed by atoms with Crippen LogP contribution in [0.1, 0.15) is 23.7 Å². The van der Waals surface area contributed by atoms with Crippen molar-refractivity contribution in [1.29, 1.82) is 0 Å². The molecule has 1 aromatic carbocycles. The number of hydrogen-bond donors (Lipinski definition) is 1. The standard InChI is InChI=1S/C15H24N2O5S/c1-5-22-10-6-9-16-15(18)12-7-8-13(21-4)14(11-12)23(19,20)17(2)3/h7-8,11H,5-6,9-10H2,1-4H3,(H,16,18). The van der Waals surface area contributed by atoms with Gasteiger partial charge in [0.15, 0.2) is 0 Å². The van der Waals surface area contributed by atoms with E-state index in [0.717, 1.165) is 4.31 Å². The Labute approximate surface area is 137 Å². The number of methoxy groups -OCH3 is 1. The molecule has 1 amide bonds. The highest BCUT2D eigenvalue weighted by molar-refractivity contribution is 7.89. The second kappa shape index (κ2) is 8.85. The maximum atomic E-state index is 12.3. The van der Waals surface area contributed by atoms with Gasteiger partial charge in [0, 0.05) is 39.4 Å². The van der Waals surface area contributed by atoms with E-state index in [1.165, 1.54) is 39.4 Å². The minimum atomic E-state index is -3.70. The van der Waals surface area contributed by atoms with Crippen LogP contribution in [0.5, 0.6) is 5.75 Å². The van der Waals surface area contributed by atoms with Gasteiger partial charge in [-0.1, -0.05) is 0 Å². The topological polar surface area (TPSA) is 84.9 Å².